The number of nitrogens with zero attached hydrogens (tertiary/aromatic N) is 1. The molecule has 2 amide bonds. The highest BCUT2D eigenvalue weighted by Crippen LogP contribution is 2.45. The Labute approximate surface area is 258 Å². The second kappa shape index (κ2) is 13.9. The Balaban J connectivity index is 1.66. The minimum Gasteiger partial charge on any atom is -0.453 e. The van der Waals surface area contributed by atoms with E-state index in [9.17, 15) is 23.1 Å². The second-order valence-electron chi connectivity index (χ2n) is 11.3. The predicted octanol–water partition coefficient (Wildman–Crippen LogP) is 5.74. The maximum Gasteiger partial charge on any atom is 0.406 e. The fourth-order valence-corrected chi connectivity index (χ4v) is 7.02. The topological polar surface area (TPSA) is 113 Å². The molecule has 2 atom stereocenters. The van der Waals surface area contributed by atoms with Crippen molar-refractivity contribution in [3.05, 3.63) is 94.0 Å². The summed E-state index contributed by atoms with van der Waals surface area (Å²) in [6.45, 7) is 3.18. The van der Waals surface area contributed by atoms with Crippen molar-refractivity contribution in [2.75, 3.05) is 33.0 Å². The fourth-order valence-electron chi connectivity index (χ4n) is 5.94. The third-order valence-corrected chi connectivity index (χ3v) is 9.16. The molecule has 1 fully saturated rings. The van der Waals surface area contributed by atoms with E-state index in [0.717, 1.165) is 16.7 Å². The number of alkyl carbamates (subject to hydrolysis) is 1. The van der Waals surface area contributed by atoms with E-state index in [2.05, 4.69) is 5.32 Å². The second-order valence-corrected chi connectivity index (χ2v) is 13.9. The summed E-state index contributed by atoms with van der Waals surface area (Å²) in [4.78, 5) is 27.0. The van der Waals surface area contributed by atoms with Crippen LogP contribution >= 0.6 is 11.6 Å². The molecule has 43 heavy (non-hydrogen) atoms. The van der Waals surface area contributed by atoms with Crippen LogP contribution in [0.2, 0.25) is 5.02 Å². The number of carbonyl (C=O) groups excluding carboxylic acids is 2. The molecule has 0 aliphatic carbocycles. The molecule has 3 aromatic carbocycles. The van der Waals surface area contributed by atoms with E-state index in [1.165, 1.54) is 13.4 Å². The molecule has 10 heteroatoms. The Bertz CT molecular complexity index is 1560. The van der Waals surface area contributed by atoms with Gasteiger partial charge in [0.2, 0.25) is 0 Å². The van der Waals surface area contributed by atoms with Gasteiger partial charge < -0.3 is 20.1 Å². The van der Waals surface area contributed by atoms with Crippen molar-refractivity contribution in [3.8, 4) is 11.1 Å². The predicted molar refractivity (Wildman–Crippen MR) is 169 cm³/mol. The van der Waals surface area contributed by atoms with Gasteiger partial charge in [0.25, 0.3) is 5.91 Å². The van der Waals surface area contributed by atoms with Gasteiger partial charge in [-0.15, -0.1) is 0 Å². The number of sulfone groups is 1. The lowest BCUT2D eigenvalue weighted by atomic mass is 9.72. The van der Waals surface area contributed by atoms with Crippen molar-refractivity contribution in [1.29, 1.82) is 0 Å². The van der Waals surface area contributed by atoms with Crippen molar-refractivity contribution in [2.24, 2.45) is 5.92 Å². The average Bonchev–Trinajstić information content (AvgIpc) is 2.98. The average molecular weight is 627 g/mol. The van der Waals surface area contributed by atoms with Gasteiger partial charge in [-0.25, -0.2) is 13.2 Å². The lowest BCUT2D eigenvalue weighted by molar-refractivity contribution is -0.0563. The van der Waals surface area contributed by atoms with Gasteiger partial charge in [0, 0.05) is 48.0 Å². The van der Waals surface area contributed by atoms with Crippen molar-refractivity contribution in [3.63, 3.8) is 0 Å². The van der Waals surface area contributed by atoms with Crippen molar-refractivity contribution in [1.82, 2.24) is 10.2 Å². The standard InChI is InChI=1S/C33H39ClN2O6S/c1-23-8-4-9-26(20-23)30-28(11-5-12-29(30)34)33(39,17-7-18-35-32(38)42-2)27-10-6-19-36(21-27)31(37)25-15-13-24(14-16-25)22-43(3,40)41/h4-5,8-9,11-16,20,27,39H,6-7,10,17-19,21-22H2,1-3H3,(H,35,38)/t27-,33+/m1/s1. The number of halogens is 1. The minimum atomic E-state index is -3.19. The van der Waals surface area contributed by atoms with Crippen molar-refractivity contribution in [2.45, 2.75) is 44.0 Å². The lowest BCUT2D eigenvalue weighted by Gasteiger charge is -2.44. The SMILES string of the molecule is COC(=O)NCCC[C@@](O)(c1cccc(Cl)c1-c1cccc(C)c1)[C@@H]1CCCN(C(=O)c2ccc(CS(C)(=O)=O)cc2)C1. The molecule has 0 radical (unpaired) electrons. The molecule has 0 unspecified atom stereocenters. The van der Waals surface area contributed by atoms with Crippen LogP contribution in [0.1, 0.15) is 52.7 Å². The zero-order valence-corrected chi connectivity index (χ0v) is 26.4. The van der Waals surface area contributed by atoms with Gasteiger partial charge in [0.15, 0.2) is 9.84 Å². The van der Waals surface area contributed by atoms with Gasteiger partial charge in [-0.3, -0.25) is 4.79 Å². The summed E-state index contributed by atoms with van der Waals surface area (Å²) in [6, 6.07) is 20.2. The molecule has 1 aliphatic rings. The summed E-state index contributed by atoms with van der Waals surface area (Å²) in [5, 5.41) is 15.9. The molecule has 0 saturated carbocycles. The summed E-state index contributed by atoms with van der Waals surface area (Å²) in [5.74, 6) is -0.571. The van der Waals surface area contributed by atoms with E-state index in [4.69, 9.17) is 16.3 Å². The number of rotatable bonds is 10. The number of carbonyl (C=O) groups is 2. The number of aliphatic hydroxyl groups is 1. The van der Waals surface area contributed by atoms with Crippen LogP contribution in [-0.4, -0.2) is 63.4 Å². The van der Waals surface area contributed by atoms with Gasteiger partial charge in [0.1, 0.15) is 0 Å². The van der Waals surface area contributed by atoms with Crippen LogP contribution in [0, 0.1) is 12.8 Å². The van der Waals surface area contributed by atoms with Crippen LogP contribution in [-0.2, 0) is 25.9 Å². The van der Waals surface area contributed by atoms with Crippen LogP contribution in [0.5, 0.6) is 0 Å². The van der Waals surface area contributed by atoms with Gasteiger partial charge in [0.05, 0.1) is 18.5 Å². The molecule has 0 spiro atoms. The smallest absolute Gasteiger partial charge is 0.406 e. The maximum absolute atomic E-state index is 13.6. The first kappa shape index (κ1) is 32.5. The van der Waals surface area contributed by atoms with Gasteiger partial charge in [-0.2, -0.15) is 0 Å². The Hall–Kier alpha value is -3.40. The zero-order valence-electron chi connectivity index (χ0n) is 24.8. The first-order valence-electron chi connectivity index (χ1n) is 14.4. The summed E-state index contributed by atoms with van der Waals surface area (Å²) in [5.41, 5.74) is 3.12. The van der Waals surface area contributed by atoms with Crippen molar-refractivity contribution >= 4 is 33.4 Å². The van der Waals surface area contributed by atoms with Crippen molar-refractivity contribution < 1.29 is 27.9 Å². The molecule has 1 saturated heterocycles. The molecule has 230 valence electrons. The third kappa shape index (κ3) is 8.16. The number of hydrogen-bond acceptors (Lipinski definition) is 6. The van der Waals surface area contributed by atoms with E-state index in [0.29, 0.717) is 67.0 Å². The first-order chi connectivity index (χ1) is 20.4. The number of methoxy groups -OCH3 is 1. The lowest BCUT2D eigenvalue weighted by Crippen LogP contribution is -2.48. The van der Waals surface area contributed by atoms with Gasteiger partial charge >= 0.3 is 6.09 Å². The third-order valence-electron chi connectivity index (χ3n) is 7.99. The Morgan fingerprint density at radius 1 is 1.12 bits per heavy atom. The molecule has 1 aliphatic heterocycles. The highest BCUT2D eigenvalue weighted by molar-refractivity contribution is 7.89. The van der Waals surface area contributed by atoms with Crippen LogP contribution in [0.4, 0.5) is 4.79 Å². The quantitative estimate of drug-likeness (QED) is 0.278. The Morgan fingerprint density at radius 2 is 1.84 bits per heavy atom. The molecule has 1 heterocycles. The Morgan fingerprint density at radius 3 is 2.51 bits per heavy atom. The molecule has 0 bridgehead atoms. The van der Waals surface area contributed by atoms with E-state index >= 15 is 0 Å². The number of piperidine rings is 1. The first-order valence-corrected chi connectivity index (χ1v) is 16.8. The number of aryl methyl sites for hydroxylation is 1. The number of ether oxygens (including phenoxy) is 1. The number of benzene rings is 3. The maximum atomic E-state index is 13.6. The highest BCUT2D eigenvalue weighted by Gasteiger charge is 2.43. The number of likely N-dealkylation sites (tertiary alicyclic amines) is 1. The zero-order chi connectivity index (χ0) is 31.2. The monoisotopic (exact) mass is 626 g/mol. The molecule has 3 aromatic rings. The largest absolute Gasteiger partial charge is 0.453 e. The molecule has 0 aromatic heterocycles. The normalized spacial score (nSPS) is 16.8. The fraction of sp³-hybridized carbons (Fsp3) is 0.394. The molecular formula is C33H39ClN2O6S. The summed E-state index contributed by atoms with van der Waals surface area (Å²) in [6.07, 6.45) is 2.82. The number of nitrogens with one attached hydrogen (secondary N) is 1. The highest BCUT2D eigenvalue weighted by atomic mass is 35.5. The van der Waals surface area contributed by atoms with E-state index < -0.39 is 21.5 Å². The minimum absolute atomic E-state index is 0.0893. The summed E-state index contributed by atoms with van der Waals surface area (Å²) in [7, 11) is -1.88. The molecule has 4 rings (SSSR count). The number of amides is 2. The van der Waals surface area contributed by atoms with Crippen LogP contribution < -0.4 is 5.32 Å². The molecule has 8 nitrogen and oxygen atoms in total. The van der Waals surface area contributed by atoms with Crippen LogP contribution in [0.25, 0.3) is 11.1 Å². The van der Waals surface area contributed by atoms with Crippen LogP contribution in [0.15, 0.2) is 66.7 Å². The molecule has 2 N–H and O–H groups in total. The molecular weight excluding hydrogens is 588 g/mol. The number of hydrogen-bond donors (Lipinski definition) is 2. The summed E-state index contributed by atoms with van der Waals surface area (Å²) >= 11 is 6.81. The Kier molecular flexibility index (Phi) is 10.5. The van der Waals surface area contributed by atoms with E-state index in [-0.39, 0.29) is 17.6 Å². The van der Waals surface area contributed by atoms with Gasteiger partial charge in [-0.05, 0) is 67.5 Å². The van der Waals surface area contributed by atoms with E-state index in [1.54, 1.807) is 29.2 Å². The van der Waals surface area contributed by atoms with Crippen LogP contribution in [0.3, 0.4) is 0 Å². The van der Waals surface area contributed by atoms with E-state index in [1.807, 2.05) is 49.4 Å². The summed E-state index contributed by atoms with van der Waals surface area (Å²) < 4.78 is 28.0. The van der Waals surface area contributed by atoms with Gasteiger partial charge in [-0.1, -0.05) is 65.7 Å².